The molecule has 0 spiro atoms. The molecule has 1 N–H and O–H groups in total. The summed E-state index contributed by atoms with van der Waals surface area (Å²) in [5.41, 5.74) is 1.98. The van der Waals surface area contributed by atoms with Gasteiger partial charge in [0.25, 0.3) is 0 Å². The zero-order chi connectivity index (χ0) is 23.5. The van der Waals surface area contributed by atoms with Gasteiger partial charge in [-0.05, 0) is 56.5 Å². The van der Waals surface area contributed by atoms with Crippen LogP contribution in [0.2, 0.25) is 10.0 Å². The summed E-state index contributed by atoms with van der Waals surface area (Å²) in [6.07, 6.45) is 2.71. The number of rotatable bonds is 12. The van der Waals surface area contributed by atoms with E-state index in [2.05, 4.69) is 12.2 Å². The molecule has 0 fully saturated rings. The molecule has 0 radical (unpaired) electrons. The lowest BCUT2D eigenvalue weighted by Crippen LogP contribution is -2.47. The molecule has 32 heavy (non-hydrogen) atoms. The summed E-state index contributed by atoms with van der Waals surface area (Å²) in [5.74, 6) is 0.504. The van der Waals surface area contributed by atoms with Gasteiger partial charge in [0.2, 0.25) is 11.8 Å². The summed E-state index contributed by atoms with van der Waals surface area (Å²) in [5, 5.41) is 3.78. The molecule has 1 atom stereocenters. The largest absolute Gasteiger partial charge is 0.494 e. The number of ether oxygens (including phenoxy) is 1. The first-order chi connectivity index (χ1) is 15.3. The molecular weight excluding hydrogens is 447 g/mol. The second-order valence-corrected chi connectivity index (χ2v) is 8.67. The van der Waals surface area contributed by atoms with Crippen LogP contribution in [0.15, 0.2) is 42.5 Å². The molecule has 5 nitrogen and oxygen atoms in total. The fourth-order valence-electron chi connectivity index (χ4n) is 3.14. The van der Waals surface area contributed by atoms with Crippen LogP contribution >= 0.6 is 23.2 Å². The number of halogens is 2. The highest BCUT2D eigenvalue weighted by Gasteiger charge is 2.25. The smallest absolute Gasteiger partial charge is 0.242 e. The zero-order valence-electron chi connectivity index (χ0n) is 19.0. The van der Waals surface area contributed by atoms with Gasteiger partial charge in [0.05, 0.1) is 16.7 Å². The monoisotopic (exact) mass is 478 g/mol. The Morgan fingerprint density at radius 2 is 1.78 bits per heavy atom. The van der Waals surface area contributed by atoms with Gasteiger partial charge in [-0.1, -0.05) is 60.3 Å². The van der Waals surface area contributed by atoms with Crippen LogP contribution in [0.1, 0.15) is 50.7 Å². The summed E-state index contributed by atoms with van der Waals surface area (Å²) >= 11 is 12.2. The van der Waals surface area contributed by atoms with Gasteiger partial charge in [0, 0.05) is 19.5 Å². The molecule has 0 aromatic heterocycles. The topological polar surface area (TPSA) is 58.6 Å². The van der Waals surface area contributed by atoms with Crippen molar-refractivity contribution in [1.82, 2.24) is 10.2 Å². The van der Waals surface area contributed by atoms with Crippen molar-refractivity contribution in [2.75, 3.05) is 13.2 Å². The first kappa shape index (κ1) is 26.0. The average Bonchev–Trinajstić information content (AvgIpc) is 2.78. The third-order valence-electron chi connectivity index (χ3n) is 5.16. The maximum Gasteiger partial charge on any atom is 0.242 e. The Kier molecular flexibility index (Phi) is 10.8. The number of nitrogens with one attached hydrogen (secondary N) is 1. The molecule has 0 unspecified atom stereocenters. The molecule has 174 valence electrons. The zero-order valence-corrected chi connectivity index (χ0v) is 20.5. The van der Waals surface area contributed by atoms with E-state index in [9.17, 15) is 9.59 Å². The van der Waals surface area contributed by atoms with Crippen molar-refractivity contribution in [2.24, 2.45) is 0 Å². The molecule has 0 bridgehead atoms. The van der Waals surface area contributed by atoms with Crippen molar-refractivity contribution in [3.05, 3.63) is 63.6 Å². The Bertz CT molecular complexity index is 887. The van der Waals surface area contributed by atoms with Gasteiger partial charge in [-0.25, -0.2) is 0 Å². The maximum atomic E-state index is 13.1. The summed E-state index contributed by atoms with van der Waals surface area (Å²) in [6.45, 7) is 7.13. The number of aryl methyl sites for hydroxylation is 1. The van der Waals surface area contributed by atoms with Crippen LogP contribution in [-0.2, 0) is 16.1 Å². The average molecular weight is 479 g/mol. The molecular formula is C25H32Cl2N2O3. The minimum atomic E-state index is -0.605. The Morgan fingerprint density at radius 1 is 1.06 bits per heavy atom. The molecule has 0 aliphatic rings. The summed E-state index contributed by atoms with van der Waals surface area (Å²) in [4.78, 5) is 27.3. The minimum absolute atomic E-state index is 0.110. The van der Waals surface area contributed by atoms with Gasteiger partial charge in [0.1, 0.15) is 11.8 Å². The predicted octanol–water partition coefficient (Wildman–Crippen LogP) is 5.79. The number of carbonyl (C=O) groups is 2. The van der Waals surface area contributed by atoms with Crippen molar-refractivity contribution in [3.63, 3.8) is 0 Å². The number of amides is 2. The molecule has 2 rings (SSSR count). The summed E-state index contributed by atoms with van der Waals surface area (Å²) < 4.78 is 5.73. The van der Waals surface area contributed by atoms with E-state index in [1.165, 1.54) is 0 Å². The van der Waals surface area contributed by atoms with E-state index in [0.29, 0.717) is 29.6 Å². The Morgan fingerprint density at radius 3 is 2.44 bits per heavy atom. The van der Waals surface area contributed by atoms with E-state index in [1.54, 1.807) is 24.0 Å². The van der Waals surface area contributed by atoms with Gasteiger partial charge in [-0.3, -0.25) is 9.59 Å². The molecule has 2 aromatic rings. The lowest BCUT2D eigenvalue weighted by atomic mass is 10.1. The lowest BCUT2D eigenvalue weighted by Gasteiger charge is -2.29. The quantitative estimate of drug-likeness (QED) is 0.392. The summed E-state index contributed by atoms with van der Waals surface area (Å²) in [7, 11) is 0. The Labute approximate surface area is 201 Å². The minimum Gasteiger partial charge on any atom is -0.494 e. The van der Waals surface area contributed by atoms with Gasteiger partial charge in [0.15, 0.2) is 0 Å². The molecule has 0 aliphatic heterocycles. The summed E-state index contributed by atoms with van der Waals surface area (Å²) in [6, 6.07) is 12.4. The van der Waals surface area contributed by atoms with Gasteiger partial charge in [-0.15, -0.1) is 0 Å². The Hall–Kier alpha value is -2.24. The molecule has 0 saturated heterocycles. The number of nitrogens with zero attached hydrogens (tertiary/aromatic N) is 1. The van der Waals surface area contributed by atoms with Crippen molar-refractivity contribution < 1.29 is 14.3 Å². The second kappa shape index (κ2) is 13.3. The molecule has 7 heteroatoms. The first-order valence-electron chi connectivity index (χ1n) is 11.0. The second-order valence-electron chi connectivity index (χ2n) is 7.86. The van der Waals surface area contributed by atoms with E-state index < -0.39 is 6.04 Å². The number of hydrogen-bond donors (Lipinski definition) is 1. The number of carbonyl (C=O) groups excluding carboxylic acids is 2. The molecule has 2 amide bonds. The molecule has 0 heterocycles. The van der Waals surface area contributed by atoms with Gasteiger partial charge >= 0.3 is 0 Å². The fourth-order valence-corrected chi connectivity index (χ4v) is 3.47. The highest BCUT2D eigenvalue weighted by atomic mass is 35.5. The first-order valence-corrected chi connectivity index (χ1v) is 11.8. The normalized spacial score (nSPS) is 11.7. The van der Waals surface area contributed by atoms with Crippen LogP contribution < -0.4 is 10.1 Å². The number of benzene rings is 2. The van der Waals surface area contributed by atoms with Crippen molar-refractivity contribution in [1.29, 1.82) is 0 Å². The third-order valence-corrected chi connectivity index (χ3v) is 5.90. The van der Waals surface area contributed by atoms with E-state index >= 15 is 0 Å². The lowest BCUT2D eigenvalue weighted by molar-refractivity contribution is -0.140. The van der Waals surface area contributed by atoms with E-state index in [0.717, 1.165) is 29.7 Å². The van der Waals surface area contributed by atoms with Gasteiger partial charge in [-0.2, -0.15) is 0 Å². The number of hydrogen-bond acceptors (Lipinski definition) is 3. The van der Waals surface area contributed by atoms with Crippen molar-refractivity contribution >= 4 is 35.0 Å². The Balaban J connectivity index is 2.00. The molecule has 2 aromatic carbocycles. The molecule has 0 aliphatic carbocycles. The van der Waals surface area contributed by atoms with E-state index in [4.69, 9.17) is 27.9 Å². The van der Waals surface area contributed by atoms with Crippen LogP contribution in [0.4, 0.5) is 0 Å². The fraction of sp³-hybridized carbons (Fsp3) is 0.440. The van der Waals surface area contributed by atoms with Gasteiger partial charge < -0.3 is 15.0 Å². The van der Waals surface area contributed by atoms with Crippen LogP contribution in [0, 0.1) is 6.92 Å². The molecule has 0 saturated carbocycles. The number of unbranched alkanes of at least 4 members (excludes halogenated alkanes) is 1. The van der Waals surface area contributed by atoms with Crippen LogP contribution in [0.5, 0.6) is 5.75 Å². The highest BCUT2D eigenvalue weighted by molar-refractivity contribution is 6.42. The van der Waals surface area contributed by atoms with Crippen LogP contribution in [-0.4, -0.2) is 35.9 Å². The van der Waals surface area contributed by atoms with Crippen molar-refractivity contribution in [2.45, 2.75) is 59.0 Å². The van der Waals surface area contributed by atoms with Crippen LogP contribution in [0.25, 0.3) is 0 Å². The van der Waals surface area contributed by atoms with Crippen LogP contribution in [0.3, 0.4) is 0 Å². The predicted molar refractivity (Wildman–Crippen MR) is 130 cm³/mol. The van der Waals surface area contributed by atoms with E-state index in [1.807, 2.05) is 37.3 Å². The van der Waals surface area contributed by atoms with Crippen molar-refractivity contribution in [3.8, 4) is 5.75 Å². The van der Waals surface area contributed by atoms with E-state index in [-0.39, 0.29) is 24.8 Å². The maximum absolute atomic E-state index is 13.1. The standard InChI is InChI=1S/C25H32Cl2N2O3/c1-4-5-14-28-25(31)19(3)29(17-20-10-13-22(26)23(27)16-20)24(30)7-6-15-32-21-11-8-18(2)9-12-21/h8-13,16,19H,4-7,14-15,17H2,1-3H3,(H,28,31)/t19-/m1/s1. The SMILES string of the molecule is CCCCNC(=O)[C@@H](C)N(Cc1ccc(Cl)c(Cl)c1)C(=O)CCCOc1ccc(C)cc1. The third kappa shape index (κ3) is 8.36. The highest BCUT2D eigenvalue weighted by Crippen LogP contribution is 2.24.